The molecule has 0 aliphatic carbocycles. The fourth-order valence-corrected chi connectivity index (χ4v) is 4.90. The van der Waals surface area contributed by atoms with Gasteiger partial charge in [0, 0.05) is 42.0 Å². The lowest BCUT2D eigenvalue weighted by atomic mass is 9.94. The van der Waals surface area contributed by atoms with Crippen molar-refractivity contribution in [3.8, 4) is 0 Å². The van der Waals surface area contributed by atoms with Crippen LogP contribution in [-0.4, -0.2) is 52.7 Å². The van der Waals surface area contributed by atoms with E-state index in [2.05, 4.69) is 19.2 Å². The number of piperidine rings is 2. The van der Waals surface area contributed by atoms with Crippen molar-refractivity contribution < 1.29 is 14.4 Å². The van der Waals surface area contributed by atoms with E-state index in [1.165, 1.54) is 0 Å². The van der Waals surface area contributed by atoms with Crippen molar-refractivity contribution in [2.75, 3.05) is 18.4 Å². The number of carbonyl (C=O) groups is 3. The van der Waals surface area contributed by atoms with Gasteiger partial charge in [-0.15, -0.1) is 0 Å². The fourth-order valence-electron chi connectivity index (χ4n) is 4.73. The SMILES string of the molecule is CC(C)C(=O)N1CCC(C(=O)Nc2ccc(Cl)cc2C(=O)N2C(C)CCCC2C)CC1. The highest BCUT2D eigenvalue weighted by molar-refractivity contribution is 6.31. The number of amides is 3. The molecule has 2 aliphatic heterocycles. The summed E-state index contributed by atoms with van der Waals surface area (Å²) in [5.74, 6) is -0.271. The molecule has 0 aromatic heterocycles. The van der Waals surface area contributed by atoms with Crippen molar-refractivity contribution in [2.24, 2.45) is 11.8 Å². The minimum Gasteiger partial charge on any atom is -0.342 e. The summed E-state index contributed by atoms with van der Waals surface area (Å²) in [6.45, 7) is 9.11. The average molecular weight is 448 g/mol. The molecule has 2 aliphatic rings. The lowest BCUT2D eigenvalue weighted by Gasteiger charge is -2.39. The van der Waals surface area contributed by atoms with Crippen molar-refractivity contribution in [1.82, 2.24) is 9.80 Å². The highest BCUT2D eigenvalue weighted by atomic mass is 35.5. The van der Waals surface area contributed by atoms with Gasteiger partial charge in [-0.3, -0.25) is 14.4 Å². The van der Waals surface area contributed by atoms with Crippen LogP contribution in [0.15, 0.2) is 18.2 Å². The van der Waals surface area contributed by atoms with Crippen molar-refractivity contribution in [2.45, 2.75) is 71.9 Å². The molecule has 170 valence electrons. The lowest BCUT2D eigenvalue weighted by Crippen LogP contribution is -2.47. The van der Waals surface area contributed by atoms with E-state index in [1.54, 1.807) is 18.2 Å². The molecule has 0 spiro atoms. The number of hydrogen-bond acceptors (Lipinski definition) is 3. The molecular weight excluding hydrogens is 414 g/mol. The Hall–Kier alpha value is -2.08. The van der Waals surface area contributed by atoms with Gasteiger partial charge in [0.1, 0.15) is 0 Å². The van der Waals surface area contributed by atoms with Crippen LogP contribution in [0.3, 0.4) is 0 Å². The first-order valence-corrected chi connectivity index (χ1v) is 11.8. The summed E-state index contributed by atoms with van der Waals surface area (Å²) in [6, 6.07) is 5.37. The van der Waals surface area contributed by atoms with Gasteiger partial charge in [-0.05, 0) is 64.2 Å². The smallest absolute Gasteiger partial charge is 0.256 e. The Morgan fingerprint density at radius 3 is 2.23 bits per heavy atom. The van der Waals surface area contributed by atoms with Gasteiger partial charge in [-0.1, -0.05) is 25.4 Å². The average Bonchev–Trinajstić information content (AvgIpc) is 2.74. The number of nitrogens with one attached hydrogen (secondary N) is 1. The van der Waals surface area contributed by atoms with Crippen molar-refractivity contribution >= 4 is 35.0 Å². The quantitative estimate of drug-likeness (QED) is 0.734. The minimum atomic E-state index is -0.178. The molecule has 1 aromatic carbocycles. The molecule has 1 N–H and O–H groups in total. The first-order chi connectivity index (χ1) is 14.7. The number of carbonyl (C=O) groups excluding carboxylic acids is 3. The van der Waals surface area contributed by atoms with Crippen LogP contribution in [0.1, 0.15) is 70.2 Å². The van der Waals surface area contributed by atoms with E-state index in [4.69, 9.17) is 11.6 Å². The Morgan fingerprint density at radius 1 is 1.03 bits per heavy atom. The first-order valence-electron chi connectivity index (χ1n) is 11.4. The minimum absolute atomic E-state index is 0.0346. The third kappa shape index (κ3) is 5.40. The molecular formula is C24H34ClN3O3. The Bertz CT molecular complexity index is 823. The van der Waals surface area contributed by atoms with Crippen LogP contribution in [0.2, 0.25) is 5.02 Å². The van der Waals surface area contributed by atoms with Crippen LogP contribution in [0, 0.1) is 11.8 Å². The largest absolute Gasteiger partial charge is 0.342 e. The van der Waals surface area contributed by atoms with Gasteiger partial charge in [0.15, 0.2) is 0 Å². The number of anilines is 1. The van der Waals surface area contributed by atoms with Gasteiger partial charge >= 0.3 is 0 Å². The summed E-state index contributed by atoms with van der Waals surface area (Å²) < 4.78 is 0. The van der Waals surface area contributed by atoms with E-state index in [0.29, 0.717) is 42.2 Å². The van der Waals surface area contributed by atoms with Crippen LogP contribution in [0.5, 0.6) is 0 Å². The van der Waals surface area contributed by atoms with Crippen LogP contribution in [-0.2, 0) is 9.59 Å². The summed E-state index contributed by atoms with van der Waals surface area (Å²) in [4.78, 5) is 42.3. The second kappa shape index (κ2) is 10.0. The molecule has 3 amide bonds. The maximum atomic E-state index is 13.4. The molecule has 3 rings (SSSR count). The number of halogens is 1. The lowest BCUT2D eigenvalue weighted by molar-refractivity contribution is -0.137. The molecule has 0 radical (unpaired) electrons. The van der Waals surface area contributed by atoms with E-state index >= 15 is 0 Å². The van der Waals surface area contributed by atoms with Crippen molar-refractivity contribution in [3.05, 3.63) is 28.8 Å². The van der Waals surface area contributed by atoms with E-state index in [0.717, 1.165) is 19.3 Å². The van der Waals surface area contributed by atoms with E-state index in [1.807, 2.05) is 23.6 Å². The fraction of sp³-hybridized carbons (Fsp3) is 0.625. The molecule has 31 heavy (non-hydrogen) atoms. The van der Waals surface area contributed by atoms with Crippen LogP contribution >= 0.6 is 11.6 Å². The highest BCUT2D eigenvalue weighted by Crippen LogP contribution is 2.29. The third-order valence-electron chi connectivity index (χ3n) is 6.57. The molecule has 2 unspecified atom stereocenters. The third-order valence-corrected chi connectivity index (χ3v) is 6.80. The highest BCUT2D eigenvalue weighted by Gasteiger charge is 2.32. The van der Waals surface area contributed by atoms with Crippen LogP contribution in [0.25, 0.3) is 0 Å². The second-order valence-electron chi connectivity index (χ2n) is 9.27. The van der Waals surface area contributed by atoms with Crippen LogP contribution in [0.4, 0.5) is 5.69 Å². The predicted molar refractivity (Wildman–Crippen MR) is 123 cm³/mol. The number of likely N-dealkylation sites (tertiary alicyclic amines) is 2. The van der Waals surface area contributed by atoms with Gasteiger partial charge in [-0.2, -0.15) is 0 Å². The standard InChI is InChI=1S/C24H34ClN3O3/c1-15(2)23(30)27-12-10-18(11-13-27)22(29)26-21-9-8-19(25)14-20(21)24(31)28-16(3)6-5-7-17(28)4/h8-9,14-18H,5-7,10-13H2,1-4H3,(H,26,29). The summed E-state index contributed by atoms with van der Waals surface area (Å²) in [5, 5.41) is 3.45. The maximum absolute atomic E-state index is 13.4. The topological polar surface area (TPSA) is 69.7 Å². The molecule has 7 heteroatoms. The molecule has 2 heterocycles. The Balaban J connectivity index is 1.72. The molecule has 2 fully saturated rings. The zero-order valence-corrected chi connectivity index (χ0v) is 19.7. The van der Waals surface area contributed by atoms with Gasteiger partial charge in [0.05, 0.1) is 11.3 Å². The molecule has 2 saturated heterocycles. The molecule has 2 atom stereocenters. The Kier molecular flexibility index (Phi) is 7.63. The number of hydrogen-bond donors (Lipinski definition) is 1. The van der Waals surface area contributed by atoms with E-state index in [9.17, 15) is 14.4 Å². The number of benzene rings is 1. The monoisotopic (exact) mass is 447 g/mol. The van der Waals surface area contributed by atoms with Gasteiger partial charge < -0.3 is 15.1 Å². The van der Waals surface area contributed by atoms with E-state index in [-0.39, 0.29) is 41.6 Å². The maximum Gasteiger partial charge on any atom is 0.256 e. The molecule has 1 aromatic rings. The molecule has 0 saturated carbocycles. The number of nitrogens with zero attached hydrogens (tertiary/aromatic N) is 2. The zero-order chi connectivity index (χ0) is 22.7. The summed E-state index contributed by atoms with van der Waals surface area (Å²) in [5.41, 5.74) is 0.943. The van der Waals surface area contributed by atoms with Crippen molar-refractivity contribution in [1.29, 1.82) is 0 Å². The first kappa shape index (κ1) is 23.6. The van der Waals surface area contributed by atoms with Gasteiger partial charge in [0.2, 0.25) is 11.8 Å². The summed E-state index contributed by atoms with van der Waals surface area (Å²) in [6.07, 6.45) is 4.32. The summed E-state index contributed by atoms with van der Waals surface area (Å²) >= 11 is 6.21. The molecule has 0 bridgehead atoms. The normalized spacial score (nSPS) is 22.5. The van der Waals surface area contributed by atoms with E-state index < -0.39 is 0 Å². The number of rotatable bonds is 4. The Morgan fingerprint density at radius 2 is 1.65 bits per heavy atom. The van der Waals surface area contributed by atoms with Gasteiger partial charge in [-0.25, -0.2) is 0 Å². The summed E-state index contributed by atoms with van der Waals surface area (Å²) in [7, 11) is 0. The molecule has 6 nitrogen and oxygen atoms in total. The second-order valence-corrected chi connectivity index (χ2v) is 9.71. The Labute approximate surface area is 190 Å². The zero-order valence-electron chi connectivity index (χ0n) is 19.0. The predicted octanol–water partition coefficient (Wildman–Crippen LogP) is 4.58. The van der Waals surface area contributed by atoms with Crippen molar-refractivity contribution in [3.63, 3.8) is 0 Å². The van der Waals surface area contributed by atoms with Crippen LogP contribution < -0.4 is 5.32 Å². The van der Waals surface area contributed by atoms with Gasteiger partial charge in [0.25, 0.3) is 5.91 Å².